The van der Waals surface area contributed by atoms with E-state index in [0.29, 0.717) is 36.9 Å². The molecule has 5 aromatic rings. The molecule has 5 rings (SSSR count). The lowest BCUT2D eigenvalue weighted by Gasteiger charge is -1.99. The summed E-state index contributed by atoms with van der Waals surface area (Å²) in [5.74, 6) is 1.75. The van der Waals surface area contributed by atoms with Gasteiger partial charge >= 0.3 is 0 Å². The zero-order valence-electron chi connectivity index (χ0n) is 13.9. The lowest BCUT2D eigenvalue weighted by Crippen LogP contribution is -2.23. The first-order valence-corrected chi connectivity index (χ1v) is 10.5. The van der Waals surface area contributed by atoms with Crippen LogP contribution in [0.3, 0.4) is 0 Å². The highest BCUT2D eigenvalue weighted by molar-refractivity contribution is 7.15. The Hall–Kier alpha value is -2.45. The number of fused-ring (bicyclic) bond motifs is 1. The standard InChI is InChI=1S/C19H9Cl2N3O2S2/c20-12-5-3-10(8-13(12)21)14-6-4-11(26-14)9-16-18(25)24-19(28-16)22-17(23-24)15-2-1-7-27-15/h1-9H. The van der Waals surface area contributed by atoms with Crippen LogP contribution in [0.4, 0.5) is 0 Å². The second-order valence-electron chi connectivity index (χ2n) is 5.85. The molecule has 0 radical (unpaired) electrons. The zero-order chi connectivity index (χ0) is 19.3. The van der Waals surface area contributed by atoms with Crippen molar-refractivity contribution < 1.29 is 4.42 Å². The largest absolute Gasteiger partial charge is 0.457 e. The van der Waals surface area contributed by atoms with E-state index in [2.05, 4.69) is 10.1 Å². The maximum absolute atomic E-state index is 12.6. The molecule has 4 heterocycles. The van der Waals surface area contributed by atoms with Crippen molar-refractivity contribution in [3.63, 3.8) is 0 Å². The predicted octanol–water partition coefficient (Wildman–Crippen LogP) is 4.99. The molecule has 0 unspecified atom stereocenters. The Kier molecular flexibility index (Phi) is 4.32. The van der Waals surface area contributed by atoms with Crippen molar-refractivity contribution in [3.8, 4) is 22.0 Å². The summed E-state index contributed by atoms with van der Waals surface area (Å²) in [5, 5.41) is 7.21. The fourth-order valence-corrected chi connectivity index (χ4v) is 4.55. The van der Waals surface area contributed by atoms with Gasteiger partial charge in [-0.3, -0.25) is 4.79 Å². The Balaban J connectivity index is 1.52. The smallest absolute Gasteiger partial charge is 0.291 e. The Morgan fingerprint density at radius 2 is 2.00 bits per heavy atom. The van der Waals surface area contributed by atoms with Crippen LogP contribution in [0.2, 0.25) is 10.0 Å². The molecule has 0 aliphatic heterocycles. The summed E-state index contributed by atoms with van der Waals surface area (Å²) in [7, 11) is 0. The van der Waals surface area contributed by atoms with Crippen LogP contribution >= 0.6 is 45.9 Å². The number of aromatic nitrogens is 3. The van der Waals surface area contributed by atoms with Crippen molar-refractivity contribution in [2.24, 2.45) is 0 Å². The fraction of sp³-hybridized carbons (Fsp3) is 0. The molecule has 4 aromatic heterocycles. The van der Waals surface area contributed by atoms with E-state index in [-0.39, 0.29) is 5.56 Å². The molecule has 138 valence electrons. The van der Waals surface area contributed by atoms with Gasteiger partial charge < -0.3 is 4.42 Å². The summed E-state index contributed by atoms with van der Waals surface area (Å²) in [6, 6.07) is 12.7. The van der Waals surface area contributed by atoms with Gasteiger partial charge in [0.25, 0.3) is 5.56 Å². The number of benzene rings is 1. The van der Waals surface area contributed by atoms with Gasteiger partial charge in [0.15, 0.2) is 5.82 Å². The molecule has 0 fully saturated rings. The molecule has 0 amide bonds. The minimum atomic E-state index is -0.220. The molecule has 9 heteroatoms. The van der Waals surface area contributed by atoms with Crippen molar-refractivity contribution >= 4 is 56.9 Å². The van der Waals surface area contributed by atoms with Gasteiger partial charge in [-0.2, -0.15) is 9.50 Å². The number of thiazole rings is 1. The van der Waals surface area contributed by atoms with Crippen LogP contribution in [0.25, 0.3) is 33.1 Å². The predicted molar refractivity (Wildman–Crippen MR) is 113 cm³/mol. The Morgan fingerprint density at radius 3 is 2.75 bits per heavy atom. The van der Waals surface area contributed by atoms with Gasteiger partial charge in [0.1, 0.15) is 16.1 Å². The minimum absolute atomic E-state index is 0.220. The SMILES string of the molecule is O=c1c(=Cc2ccc(-c3ccc(Cl)c(Cl)c3)o2)sc2nc(-c3cccs3)nn12. The van der Waals surface area contributed by atoms with Crippen molar-refractivity contribution in [1.29, 1.82) is 0 Å². The van der Waals surface area contributed by atoms with Gasteiger partial charge in [-0.1, -0.05) is 40.6 Å². The third-order valence-corrected chi connectivity index (χ3v) is 6.59. The molecule has 0 atom stereocenters. The third kappa shape index (κ3) is 3.06. The second kappa shape index (κ2) is 6.86. The third-order valence-electron chi connectivity index (χ3n) is 4.03. The molecule has 5 nitrogen and oxygen atoms in total. The van der Waals surface area contributed by atoms with E-state index in [1.165, 1.54) is 27.2 Å². The number of hydrogen-bond acceptors (Lipinski definition) is 6. The van der Waals surface area contributed by atoms with Gasteiger partial charge in [0.05, 0.1) is 14.9 Å². The van der Waals surface area contributed by atoms with Crippen LogP contribution < -0.4 is 10.1 Å². The highest BCUT2D eigenvalue weighted by Crippen LogP contribution is 2.29. The summed E-state index contributed by atoms with van der Waals surface area (Å²) in [6.07, 6.45) is 1.69. The summed E-state index contributed by atoms with van der Waals surface area (Å²) in [5.41, 5.74) is 0.586. The molecule has 0 saturated carbocycles. The van der Waals surface area contributed by atoms with Crippen LogP contribution in [0.1, 0.15) is 5.76 Å². The quantitative estimate of drug-likeness (QED) is 0.392. The summed E-state index contributed by atoms with van der Waals surface area (Å²) in [6.45, 7) is 0. The molecule has 28 heavy (non-hydrogen) atoms. The molecular formula is C19H9Cl2N3O2S2. The Morgan fingerprint density at radius 1 is 1.11 bits per heavy atom. The van der Waals surface area contributed by atoms with Crippen LogP contribution in [0.5, 0.6) is 0 Å². The topological polar surface area (TPSA) is 60.4 Å². The van der Waals surface area contributed by atoms with E-state index in [9.17, 15) is 4.79 Å². The first kappa shape index (κ1) is 17.6. The van der Waals surface area contributed by atoms with Crippen molar-refractivity contribution in [2.45, 2.75) is 0 Å². The van der Waals surface area contributed by atoms with Gasteiger partial charge in [0.2, 0.25) is 4.96 Å². The maximum atomic E-state index is 12.6. The number of hydrogen-bond donors (Lipinski definition) is 0. The van der Waals surface area contributed by atoms with E-state index in [0.717, 1.165) is 10.4 Å². The Labute approximate surface area is 176 Å². The number of nitrogens with zero attached hydrogens (tertiary/aromatic N) is 3. The van der Waals surface area contributed by atoms with E-state index in [1.54, 1.807) is 24.3 Å². The number of thiophene rings is 1. The molecule has 0 N–H and O–H groups in total. The fourth-order valence-electron chi connectivity index (χ4n) is 2.71. The number of halogens is 2. The molecule has 0 aliphatic carbocycles. The van der Waals surface area contributed by atoms with Gasteiger partial charge in [-0.15, -0.1) is 16.4 Å². The molecule has 0 aliphatic rings. The van der Waals surface area contributed by atoms with E-state index in [1.807, 2.05) is 29.6 Å². The molecule has 1 aromatic carbocycles. The normalized spacial score (nSPS) is 12.3. The van der Waals surface area contributed by atoms with Crippen LogP contribution in [0.15, 0.2) is 57.1 Å². The van der Waals surface area contributed by atoms with Crippen molar-refractivity contribution in [2.75, 3.05) is 0 Å². The van der Waals surface area contributed by atoms with E-state index < -0.39 is 0 Å². The zero-order valence-corrected chi connectivity index (χ0v) is 17.1. The molecule has 0 saturated heterocycles. The van der Waals surface area contributed by atoms with Gasteiger partial charge in [0, 0.05) is 11.6 Å². The molecule has 0 spiro atoms. The monoisotopic (exact) mass is 445 g/mol. The Bertz CT molecular complexity index is 1420. The van der Waals surface area contributed by atoms with Crippen LogP contribution in [-0.2, 0) is 0 Å². The molecule has 0 bridgehead atoms. The summed E-state index contributed by atoms with van der Waals surface area (Å²) < 4.78 is 7.67. The van der Waals surface area contributed by atoms with Crippen molar-refractivity contribution in [3.05, 3.63) is 78.5 Å². The van der Waals surface area contributed by atoms with E-state index >= 15 is 0 Å². The summed E-state index contributed by atoms with van der Waals surface area (Å²) >= 11 is 14.8. The summed E-state index contributed by atoms with van der Waals surface area (Å²) in [4.78, 5) is 18.6. The van der Waals surface area contributed by atoms with Gasteiger partial charge in [-0.05, 0) is 41.8 Å². The first-order chi connectivity index (χ1) is 13.6. The van der Waals surface area contributed by atoms with E-state index in [4.69, 9.17) is 27.6 Å². The van der Waals surface area contributed by atoms with Crippen molar-refractivity contribution in [1.82, 2.24) is 14.6 Å². The van der Waals surface area contributed by atoms with Crippen LogP contribution in [-0.4, -0.2) is 14.6 Å². The maximum Gasteiger partial charge on any atom is 0.291 e. The first-order valence-electron chi connectivity index (χ1n) is 8.09. The average molecular weight is 446 g/mol. The lowest BCUT2D eigenvalue weighted by molar-refractivity contribution is 0.571. The second-order valence-corrected chi connectivity index (χ2v) is 8.62. The highest BCUT2D eigenvalue weighted by atomic mass is 35.5. The number of furan rings is 1. The minimum Gasteiger partial charge on any atom is -0.457 e. The highest BCUT2D eigenvalue weighted by Gasteiger charge is 2.13. The lowest BCUT2D eigenvalue weighted by atomic mass is 10.2. The average Bonchev–Trinajstić information content (AvgIpc) is 3.45. The number of rotatable bonds is 3. The molecular weight excluding hydrogens is 437 g/mol. The van der Waals surface area contributed by atoms with Gasteiger partial charge in [-0.25, -0.2) is 0 Å². The van der Waals surface area contributed by atoms with Crippen LogP contribution in [0, 0.1) is 0 Å².